The number of carboxylic acid groups (broad SMARTS) is 1. The molecule has 0 spiro atoms. The number of anilines is 1. The van der Waals surface area contributed by atoms with E-state index in [1.54, 1.807) is 12.1 Å². The van der Waals surface area contributed by atoms with Crippen molar-refractivity contribution in [1.29, 1.82) is 0 Å². The number of ether oxygens (including phenoxy) is 1. The summed E-state index contributed by atoms with van der Waals surface area (Å²) in [4.78, 5) is 15.8. The van der Waals surface area contributed by atoms with E-state index in [-0.39, 0.29) is 5.56 Å². The van der Waals surface area contributed by atoms with Crippen molar-refractivity contribution in [3.63, 3.8) is 0 Å². The Morgan fingerprint density at radius 1 is 1.38 bits per heavy atom. The third-order valence-corrected chi connectivity index (χ3v) is 4.82. The lowest BCUT2D eigenvalue weighted by atomic mass is 9.96. The molecule has 2 aromatic rings. The molecular formula is C15H18N2O3S. The van der Waals surface area contributed by atoms with Crippen LogP contribution in [-0.4, -0.2) is 29.2 Å². The van der Waals surface area contributed by atoms with E-state index in [4.69, 9.17) is 4.74 Å². The van der Waals surface area contributed by atoms with Gasteiger partial charge < -0.3 is 15.2 Å². The zero-order chi connectivity index (χ0) is 14.8. The summed E-state index contributed by atoms with van der Waals surface area (Å²) < 4.78 is 6.00. The van der Waals surface area contributed by atoms with E-state index < -0.39 is 5.97 Å². The Kier molecular flexibility index (Phi) is 3.96. The van der Waals surface area contributed by atoms with Gasteiger partial charge in [0, 0.05) is 12.1 Å². The monoisotopic (exact) mass is 306 g/mol. The van der Waals surface area contributed by atoms with Crippen LogP contribution in [0, 0.1) is 0 Å². The van der Waals surface area contributed by atoms with Crippen LogP contribution in [0.25, 0.3) is 10.2 Å². The molecule has 0 saturated heterocycles. The van der Waals surface area contributed by atoms with E-state index in [1.807, 2.05) is 0 Å². The van der Waals surface area contributed by atoms with Crippen LogP contribution in [0.5, 0.6) is 5.75 Å². The lowest BCUT2D eigenvalue weighted by Crippen LogP contribution is -2.21. The zero-order valence-electron chi connectivity index (χ0n) is 11.9. The maximum absolute atomic E-state index is 11.2. The number of carbonyl (C=O) groups is 1. The van der Waals surface area contributed by atoms with Crippen molar-refractivity contribution in [3.8, 4) is 5.75 Å². The lowest BCUT2D eigenvalue weighted by Gasteiger charge is -2.22. The van der Waals surface area contributed by atoms with Crippen molar-refractivity contribution in [1.82, 2.24) is 4.98 Å². The molecule has 3 rings (SSSR count). The molecule has 1 aliphatic rings. The van der Waals surface area contributed by atoms with Crippen LogP contribution in [0.15, 0.2) is 12.1 Å². The molecule has 0 amide bonds. The first-order valence-corrected chi connectivity index (χ1v) is 7.97. The minimum absolute atomic E-state index is 0.179. The first-order chi connectivity index (χ1) is 10.2. The summed E-state index contributed by atoms with van der Waals surface area (Å²) in [7, 11) is 1.47. The lowest BCUT2D eigenvalue weighted by molar-refractivity contribution is 0.0693. The summed E-state index contributed by atoms with van der Waals surface area (Å²) in [6, 6.07) is 3.82. The van der Waals surface area contributed by atoms with Gasteiger partial charge in [0.25, 0.3) is 0 Å². The van der Waals surface area contributed by atoms with Crippen LogP contribution < -0.4 is 10.1 Å². The van der Waals surface area contributed by atoms with Crippen LogP contribution >= 0.6 is 11.3 Å². The Balaban J connectivity index is 1.90. The van der Waals surface area contributed by atoms with Crippen LogP contribution in [0.3, 0.4) is 0 Å². The van der Waals surface area contributed by atoms with Gasteiger partial charge in [-0.2, -0.15) is 0 Å². The number of nitrogens with zero attached hydrogens (tertiary/aromatic N) is 1. The molecule has 0 bridgehead atoms. The molecule has 1 heterocycles. The molecule has 1 aromatic heterocycles. The normalized spacial score (nSPS) is 16.0. The first kappa shape index (κ1) is 14.1. The minimum atomic E-state index is -0.982. The predicted molar refractivity (Wildman–Crippen MR) is 83.6 cm³/mol. The van der Waals surface area contributed by atoms with Gasteiger partial charge in [-0.1, -0.05) is 30.6 Å². The van der Waals surface area contributed by atoms with Crippen molar-refractivity contribution in [2.75, 3.05) is 12.4 Å². The molecule has 2 N–H and O–H groups in total. The summed E-state index contributed by atoms with van der Waals surface area (Å²) in [5.41, 5.74) is 0.957. The summed E-state index contributed by atoms with van der Waals surface area (Å²) in [6.07, 6.45) is 6.20. The second-order valence-electron chi connectivity index (χ2n) is 5.32. The highest BCUT2D eigenvalue weighted by atomic mass is 32.1. The highest BCUT2D eigenvalue weighted by Gasteiger charge is 2.17. The summed E-state index contributed by atoms with van der Waals surface area (Å²) >= 11 is 1.50. The number of benzene rings is 1. The van der Waals surface area contributed by atoms with E-state index in [0.717, 1.165) is 15.3 Å². The second-order valence-corrected chi connectivity index (χ2v) is 6.35. The number of methoxy groups -OCH3 is 1. The zero-order valence-corrected chi connectivity index (χ0v) is 12.7. The van der Waals surface area contributed by atoms with Gasteiger partial charge in [-0.25, -0.2) is 9.78 Å². The Labute approximate surface area is 127 Å². The molecular weight excluding hydrogens is 288 g/mol. The fourth-order valence-electron chi connectivity index (χ4n) is 2.77. The fourth-order valence-corrected chi connectivity index (χ4v) is 3.74. The summed E-state index contributed by atoms with van der Waals surface area (Å²) in [6.45, 7) is 0. The van der Waals surface area contributed by atoms with E-state index in [2.05, 4.69) is 10.3 Å². The maximum Gasteiger partial charge on any atom is 0.339 e. The van der Waals surface area contributed by atoms with Gasteiger partial charge in [0.1, 0.15) is 11.3 Å². The predicted octanol–water partition coefficient (Wildman–Crippen LogP) is 3.75. The van der Waals surface area contributed by atoms with E-state index in [0.29, 0.717) is 11.8 Å². The molecule has 1 aliphatic carbocycles. The topological polar surface area (TPSA) is 71.5 Å². The Hall–Kier alpha value is -1.82. The number of aromatic carboxylic acids is 1. The van der Waals surface area contributed by atoms with Crippen LogP contribution in [0.2, 0.25) is 0 Å². The van der Waals surface area contributed by atoms with E-state index in [9.17, 15) is 9.90 Å². The standard InChI is InChI=1S/C15H18N2O3S/c1-20-12-8-11-13(7-10(12)14(18)19)21-15(17-11)16-9-5-3-2-4-6-9/h7-9H,2-6H2,1H3,(H,16,17)(H,18,19). The van der Waals surface area contributed by atoms with Crippen molar-refractivity contribution >= 4 is 32.7 Å². The molecule has 0 radical (unpaired) electrons. The van der Waals surface area contributed by atoms with Gasteiger partial charge in [0.2, 0.25) is 0 Å². The van der Waals surface area contributed by atoms with E-state index in [1.165, 1.54) is 50.6 Å². The fraction of sp³-hybridized carbons (Fsp3) is 0.467. The average Bonchev–Trinajstić information content (AvgIpc) is 2.87. The van der Waals surface area contributed by atoms with Crippen LogP contribution in [-0.2, 0) is 0 Å². The SMILES string of the molecule is COc1cc2nc(NC3CCCCC3)sc2cc1C(=O)O. The Bertz CT molecular complexity index is 662. The van der Waals surface area contributed by atoms with Gasteiger partial charge in [-0.05, 0) is 18.9 Å². The third kappa shape index (κ3) is 2.95. The Morgan fingerprint density at radius 2 is 2.14 bits per heavy atom. The molecule has 1 fully saturated rings. The van der Waals surface area contributed by atoms with Gasteiger partial charge in [-0.15, -0.1) is 0 Å². The van der Waals surface area contributed by atoms with Crippen molar-refractivity contribution in [2.45, 2.75) is 38.1 Å². The summed E-state index contributed by atoms with van der Waals surface area (Å²) in [5.74, 6) is -0.631. The molecule has 0 unspecified atom stereocenters. The van der Waals surface area contributed by atoms with Crippen molar-refractivity contribution < 1.29 is 14.6 Å². The quantitative estimate of drug-likeness (QED) is 0.900. The number of rotatable bonds is 4. The second kappa shape index (κ2) is 5.89. The number of nitrogens with one attached hydrogen (secondary N) is 1. The van der Waals surface area contributed by atoms with Gasteiger partial charge >= 0.3 is 5.97 Å². The van der Waals surface area contributed by atoms with Crippen molar-refractivity contribution in [2.24, 2.45) is 0 Å². The molecule has 5 nitrogen and oxygen atoms in total. The van der Waals surface area contributed by atoms with Gasteiger partial charge in [0.15, 0.2) is 5.13 Å². The third-order valence-electron chi connectivity index (χ3n) is 3.87. The largest absolute Gasteiger partial charge is 0.496 e. The van der Waals surface area contributed by atoms with Gasteiger partial charge in [-0.3, -0.25) is 0 Å². The Morgan fingerprint density at radius 3 is 2.81 bits per heavy atom. The molecule has 21 heavy (non-hydrogen) atoms. The number of aromatic nitrogens is 1. The molecule has 6 heteroatoms. The van der Waals surface area contributed by atoms with Crippen LogP contribution in [0.4, 0.5) is 5.13 Å². The summed E-state index contributed by atoms with van der Waals surface area (Å²) in [5, 5.41) is 13.6. The van der Waals surface area contributed by atoms with Crippen molar-refractivity contribution in [3.05, 3.63) is 17.7 Å². The van der Waals surface area contributed by atoms with Gasteiger partial charge in [0.05, 0.1) is 17.3 Å². The molecule has 1 aromatic carbocycles. The van der Waals surface area contributed by atoms with E-state index >= 15 is 0 Å². The minimum Gasteiger partial charge on any atom is -0.496 e. The number of hydrogen-bond acceptors (Lipinski definition) is 5. The number of fused-ring (bicyclic) bond motifs is 1. The molecule has 1 saturated carbocycles. The number of hydrogen-bond donors (Lipinski definition) is 2. The smallest absolute Gasteiger partial charge is 0.339 e. The number of thiazole rings is 1. The van der Waals surface area contributed by atoms with Crippen LogP contribution in [0.1, 0.15) is 42.5 Å². The average molecular weight is 306 g/mol. The highest BCUT2D eigenvalue weighted by Crippen LogP contribution is 2.33. The maximum atomic E-state index is 11.2. The highest BCUT2D eigenvalue weighted by molar-refractivity contribution is 7.22. The number of carboxylic acids is 1. The molecule has 0 aliphatic heterocycles. The molecule has 112 valence electrons. The molecule has 0 atom stereocenters. The first-order valence-electron chi connectivity index (χ1n) is 7.16.